The predicted octanol–water partition coefficient (Wildman–Crippen LogP) is 2.71. The Bertz CT molecular complexity index is 1390. The zero-order chi connectivity index (χ0) is 23.4. The molecule has 4 rings (SSSR count). The van der Waals surface area contributed by atoms with Crippen molar-refractivity contribution in [3.05, 3.63) is 101 Å². The van der Waals surface area contributed by atoms with E-state index in [1.807, 2.05) is 60.7 Å². The number of aryl methyl sites for hydroxylation is 1. The smallest absolute Gasteiger partial charge is 0.408 e. The van der Waals surface area contributed by atoms with Crippen LogP contribution in [-0.4, -0.2) is 25.4 Å². The molecule has 0 radical (unpaired) electrons. The lowest BCUT2D eigenvalue weighted by Crippen LogP contribution is -2.33. The predicted molar refractivity (Wildman–Crippen MR) is 124 cm³/mol. The summed E-state index contributed by atoms with van der Waals surface area (Å²) < 4.78 is 34.1. The summed E-state index contributed by atoms with van der Waals surface area (Å²) in [5.74, 6) is -0.865. The largest absolute Gasteiger partial charge is 0.419 e. The lowest BCUT2D eigenvalue weighted by molar-refractivity contribution is -0.121. The summed E-state index contributed by atoms with van der Waals surface area (Å²) in [6.07, 6.45) is -0.0436. The molecule has 0 unspecified atom stereocenters. The standard InChI is InChI=1S/C24H23N3O5S/c1-27-20-13-12-19(16-21(20)32-24(27)29)33(30,31)25-15-14-22(28)26-23(17-8-4-2-5-9-17)18-10-6-3-7-11-18/h2-13,16,23,25H,14-15H2,1H3,(H,26,28). The number of sulfonamides is 1. The van der Waals surface area contributed by atoms with Crippen LogP contribution in [-0.2, 0) is 21.9 Å². The molecule has 8 nitrogen and oxygen atoms in total. The van der Waals surface area contributed by atoms with Crippen LogP contribution in [0.3, 0.4) is 0 Å². The molecule has 3 aromatic carbocycles. The van der Waals surface area contributed by atoms with Crippen molar-refractivity contribution in [2.24, 2.45) is 7.05 Å². The number of carbonyl (C=O) groups excluding carboxylic acids is 1. The van der Waals surface area contributed by atoms with Crippen molar-refractivity contribution in [2.75, 3.05) is 6.54 Å². The molecule has 4 aromatic rings. The zero-order valence-corrected chi connectivity index (χ0v) is 18.7. The number of benzene rings is 3. The van der Waals surface area contributed by atoms with Gasteiger partial charge >= 0.3 is 5.76 Å². The molecule has 0 fully saturated rings. The molecule has 0 aliphatic rings. The molecule has 1 heterocycles. The molecular weight excluding hydrogens is 442 g/mol. The van der Waals surface area contributed by atoms with Crippen molar-refractivity contribution >= 4 is 27.0 Å². The molecule has 9 heteroatoms. The number of oxazole rings is 1. The second-order valence-corrected chi connectivity index (χ2v) is 9.29. The maximum atomic E-state index is 12.6. The molecule has 0 saturated carbocycles. The van der Waals surface area contributed by atoms with Crippen LogP contribution in [0.4, 0.5) is 0 Å². The Kier molecular flexibility index (Phi) is 6.43. The van der Waals surface area contributed by atoms with Crippen LogP contribution in [0.2, 0.25) is 0 Å². The molecule has 0 aliphatic carbocycles. The Hall–Kier alpha value is -3.69. The fourth-order valence-corrected chi connectivity index (χ4v) is 4.59. The number of hydrogen-bond acceptors (Lipinski definition) is 5. The van der Waals surface area contributed by atoms with E-state index < -0.39 is 15.8 Å². The normalized spacial score (nSPS) is 11.7. The summed E-state index contributed by atoms with van der Waals surface area (Å²) in [6, 6.07) is 23.0. The molecule has 33 heavy (non-hydrogen) atoms. The number of rotatable bonds is 8. The van der Waals surface area contributed by atoms with Crippen molar-refractivity contribution in [1.82, 2.24) is 14.6 Å². The third-order valence-electron chi connectivity index (χ3n) is 5.29. The number of nitrogens with one attached hydrogen (secondary N) is 2. The highest BCUT2D eigenvalue weighted by Crippen LogP contribution is 2.22. The van der Waals surface area contributed by atoms with Gasteiger partial charge in [0, 0.05) is 26.1 Å². The summed E-state index contributed by atoms with van der Waals surface area (Å²) in [4.78, 5) is 24.2. The van der Waals surface area contributed by atoms with Crippen LogP contribution in [0.5, 0.6) is 0 Å². The van der Waals surface area contributed by atoms with Crippen LogP contribution in [0, 0.1) is 0 Å². The van der Waals surface area contributed by atoms with Gasteiger partial charge in [-0.2, -0.15) is 0 Å². The van der Waals surface area contributed by atoms with Gasteiger partial charge in [0.1, 0.15) is 0 Å². The van der Waals surface area contributed by atoms with Gasteiger partial charge in [0.2, 0.25) is 15.9 Å². The fraction of sp³-hybridized carbons (Fsp3) is 0.167. The van der Waals surface area contributed by atoms with E-state index >= 15 is 0 Å². The SMILES string of the molecule is Cn1c(=O)oc2cc(S(=O)(=O)NCCC(=O)NC(c3ccccc3)c3ccccc3)ccc21. The fourth-order valence-electron chi connectivity index (χ4n) is 3.55. The molecule has 2 N–H and O–H groups in total. The van der Waals surface area contributed by atoms with Gasteiger partial charge in [-0.3, -0.25) is 9.36 Å². The lowest BCUT2D eigenvalue weighted by Gasteiger charge is -2.20. The first-order valence-electron chi connectivity index (χ1n) is 10.3. The average molecular weight is 466 g/mol. The van der Waals surface area contributed by atoms with Gasteiger partial charge in [-0.15, -0.1) is 0 Å². The second-order valence-electron chi connectivity index (χ2n) is 7.53. The Morgan fingerprint density at radius 2 is 1.58 bits per heavy atom. The summed E-state index contributed by atoms with van der Waals surface area (Å²) in [5, 5.41) is 2.98. The van der Waals surface area contributed by atoms with E-state index in [-0.39, 0.29) is 35.4 Å². The molecule has 0 saturated heterocycles. The Morgan fingerprint density at radius 3 is 2.18 bits per heavy atom. The van der Waals surface area contributed by atoms with Gasteiger partial charge in [-0.25, -0.2) is 17.9 Å². The van der Waals surface area contributed by atoms with Crippen LogP contribution in [0.1, 0.15) is 23.6 Å². The molecule has 0 aliphatic heterocycles. The topological polar surface area (TPSA) is 110 Å². The first kappa shape index (κ1) is 22.5. The van der Waals surface area contributed by atoms with Gasteiger partial charge < -0.3 is 9.73 Å². The summed E-state index contributed by atoms with van der Waals surface area (Å²) >= 11 is 0. The average Bonchev–Trinajstić information content (AvgIpc) is 3.11. The molecule has 1 aromatic heterocycles. The van der Waals surface area contributed by atoms with E-state index in [0.717, 1.165) is 11.1 Å². The first-order valence-corrected chi connectivity index (χ1v) is 11.8. The Morgan fingerprint density at radius 1 is 0.970 bits per heavy atom. The number of fused-ring (bicyclic) bond motifs is 1. The third-order valence-corrected chi connectivity index (χ3v) is 6.75. The second kappa shape index (κ2) is 9.43. The van der Waals surface area contributed by atoms with Gasteiger partial charge in [-0.05, 0) is 23.3 Å². The first-order chi connectivity index (χ1) is 15.8. The zero-order valence-electron chi connectivity index (χ0n) is 17.9. The van der Waals surface area contributed by atoms with Crippen molar-refractivity contribution in [1.29, 1.82) is 0 Å². The van der Waals surface area contributed by atoms with Gasteiger partial charge in [-0.1, -0.05) is 60.7 Å². The number of aromatic nitrogens is 1. The Balaban J connectivity index is 1.42. The molecule has 1 amide bonds. The van der Waals surface area contributed by atoms with Crippen molar-refractivity contribution in [2.45, 2.75) is 17.4 Å². The Labute approximate surface area is 190 Å². The molecule has 170 valence electrons. The van der Waals surface area contributed by atoms with Crippen molar-refractivity contribution < 1.29 is 17.6 Å². The maximum Gasteiger partial charge on any atom is 0.419 e. The number of amides is 1. The van der Waals surface area contributed by atoms with Gasteiger partial charge in [0.25, 0.3) is 0 Å². The summed E-state index contributed by atoms with van der Waals surface area (Å²) in [7, 11) is -2.35. The lowest BCUT2D eigenvalue weighted by atomic mass is 9.98. The minimum Gasteiger partial charge on any atom is -0.408 e. The number of carbonyl (C=O) groups is 1. The van der Waals surface area contributed by atoms with Gasteiger partial charge in [0.05, 0.1) is 16.5 Å². The van der Waals surface area contributed by atoms with E-state index in [1.54, 1.807) is 0 Å². The minimum atomic E-state index is -3.89. The van der Waals surface area contributed by atoms with Crippen LogP contribution >= 0.6 is 0 Å². The van der Waals surface area contributed by atoms with E-state index in [2.05, 4.69) is 10.0 Å². The number of hydrogen-bond donors (Lipinski definition) is 2. The monoisotopic (exact) mass is 465 g/mol. The molecule has 0 bridgehead atoms. The third kappa shape index (κ3) is 5.05. The highest BCUT2D eigenvalue weighted by Gasteiger charge is 2.19. The van der Waals surface area contributed by atoms with E-state index in [9.17, 15) is 18.0 Å². The van der Waals surface area contributed by atoms with Gasteiger partial charge in [0.15, 0.2) is 5.58 Å². The minimum absolute atomic E-state index is 0.0436. The van der Waals surface area contributed by atoms with Crippen molar-refractivity contribution in [3.63, 3.8) is 0 Å². The maximum absolute atomic E-state index is 12.6. The van der Waals surface area contributed by atoms with Crippen LogP contribution in [0.25, 0.3) is 11.1 Å². The van der Waals surface area contributed by atoms with Crippen molar-refractivity contribution in [3.8, 4) is 0 Å². The van der Waals surface area contributed by atoms with Crippen LogP contribution < -0.4 is 15.8 Å². The molecule has 0 atom stereocenters. The van der Waals surface area contributed by atoms with E-state index in [0.29, 0.717) is 5.52 Å². The van der Waals surface area contributed by atoms with E-state index in [1.165, 1.54) is 29.8 Å². The summed E-state index contributed by atoms with van der Waals surface area (Å²) in [5.41, 5.74) is 2.52. The highest BCUT2D eigenvalue weighted by atomic mass is 32.2. The number of nitrogens with zero attached hydrogens (tertiary/aromatic N) is 1. The van der Waals surface area contributed by atoms with Crippen LogP contribution in [0.15, 0.2) is 93.0 Å². The molecule has 0 spiro atoms. The quantitative estimate of drug-likeness (QED) is 0.416. The van der Waals surface area contributed by atoms with E-state index in [4.69, 9.17) is 4.42 Å². The molecular formula is C24H23N3O5S. The highest BCUT2D eigenvalue weighted by molar-refractivity contribution is 7.89. The summed E-state index contributed by atoms with van der Waals surface area (Å²) in [6.45, 7) is -0.0821.